The molecule has 0 aliphatic carbocycles. The van der Waals surface area contributed by atoms with E-state index in [0.717, 1.165) is 16.5 Å². The summed E-state index contributed by atoms with van der Waals surface area (Å²) in [7, 11) is 0. The molecule has 3 rings (SSSR count). The van der Waals surface area contributed by atoms with E-state index in [-0.39, 0.29) is 16.1 Å². The zero-order chi connectivity index (χ0) is 14.8. The molecule has 0 saturated heterocycles. The summed E-state index contributed by atoms with van der Waals surface area (Å²) in [6.07, 6.45) is 1.36. The van der Waals surface area contributed by atoms with Crippen molar-refractivity contribution < 1.29 is 4.79 Å². The molecule has 104 valence electrons. The second-order valence-electron chi connectivity index (χ2n) is 4.47. The van der Waals surface area contributed by atoms with Crippen LogP contribution in [0.3, 0.4) is 0 Å². The van der Waals surface area contributed by atoms with Crippen LogP contribution in [0.1, 0.15) is 10.4 Å². The van der Waals surface area contributed by atoms with E-state index in [1.54, 1.807) is 0 Å². The number of nitrogens with zero attached hydrogens (tertiary/aromatic N) is 1. The summed E-state index contributed by atoms with van der Waals surface area (Å²) in [5, 5.41) is 5.36. The molecule has 0 aliphatic rings. The molecule has 0 atom stereocenters. The number of pyridine rings is 1. The lowest BCUT2D eigenvalue weighted by Gasteiger charge is -2.09. The monoisotopic (exact) mass is 316 g/mol. The van der Waals surface area contributed by atoms with Gasteiger partial charge >= 0.3 is 0 Å². The van der Waals surface area contributed by atoms with Crippen molar-refractivity contribution in [1.29, 1.82) is 0 Å². The van der Waals surface area contributed by atoms with Crippen LogP contribution in [0.25, 0.3) is 10.8 Å². The molecule has 3 aromatic rings. The summed E-state index contributed by atoms with van der Waals surface area (Å²) in [5.41, 5.74) is 1.02. The summed E-state index contributed by atoms with van der Waals surface area (Å²) in [6.45, 7) is 0. The lowest BCUT2D eigenvalue weighted by Crippen LogP contribution is -2.13. The second kappa shape index (κ2) is 5.72. The number of fused-ring (bicyclic) bond motifs is 1. The summed E-state index contributed by atoms with van der Waals surface area (Å²) < 4.78 is 0. The Balaban J connectivity index is 1.99. The Morgan fingerprint density at radius 2 is 1.81 bits per heavy atom. The minimum Gasteiger partial charge on any atom is -0.321 e. The number of hydrogen-bond acceptors (Lipinski definition) is 2. The average molecular weight is 317 g/mol. The van der Waals surface area contributed by atoms with E-state index in [1.807, 2.05) is 42.5 Å². The Bertz CT molecular complexity index is 828. The molecular weight excluding hydrogens is 307 g/mol. The van der Waals surface area contributed by atoms with E-state index < -0.39 is 0 Å². The van der Waals surface area contributed by atoms with Crippen LogP contribution in [0.15, 0.2) is 54.7 Å². The largest absolute Gasteiger partial charge is 0.321 e. The summed E-state index contributed by atoms with van der Waals surface area (Å²) >= 11 is 11.8. The number of hydrogen-bond donors (Lipinski definition) is 1. The molecular formula is C16H10Cl2N2O. The highest BCUT2D eigenvalue weighted by molar-refractivity contribution is 6.35. The molecule has 2 aromatic carbocycles. The lowest BCUT2D eigenvalue weighted by molar-refractivity contribution is 0.102. The predicted octanol–water partition coefficient (Wildman–Crippen LogP) is 4.79. The predicted molar refractivity (Wildman–Crippen MR) is 86.2 cm³/mol. The molecule has 0 spiro atoms. The van der Waals surface area contributed by atoms with Gasteiger partial charge in [-0.2, -0.15) is 0 Å². The third kappa shape index (κ3) is 2.84. The maximum absolute atomic E-state index is 12.3. The molecule has 5 heteroatoms. The first-order valence-corrected chi connectivity index (χ1v) is 7.01. The van der Waals surface area contributed by atoms with Crippen molar-refractivity contribution >= 4 is 45.6 Å². The smallest absolute Gasteiger partial charge is 0.257 e. The first-order valence-electron chi connectivity index (χ1n) is 6.25. The second-order valence-corrected chi connectivity index (χ2v) is 5.26. The number of benzene rings is 2. The van der Waals surface area contributed by atoms with Crippen LogP contribution in [-0.4, -0.2) is 10.9 Å². The normalized spacial score (nSPS) is 10.6. The van der Waals surface area contributed by atoms with Crippen LogP contribution in [-0.2, 0) is 0 Å². The molecule has 1 N–H and O–H groups in total. The number of anilines is 1. The fourth-order valence-electron chi connectivity index (χ4n) is 2.11. The van der Waals surface area contributed by atoms with Crippen LogP contribution >= 0.6 is 23.2 Å². The van der Waals surface area contributed by atoms with E-state index >= 15 is 0 Å². The van der Waals surface area contributed by atoms with E-state index in [0.29, 0.717) is 5.56 Å². The highest BCUT2D eigenvalue weighted by Crippen LogP contribution is 2.25. The average Bonchev–Trinajstić information content (AvgIpc) is 2.50. The Morgan fingerprint density at radius 1 is 1.05 bits per heavy atom. The van der Waals surface area contributed by atoms with Gasteiger partial charge in [0.1, 0.15) is 5.15 Å². The molecule has 0 fully saturated rings. The highest BCUT2D eigenvalue weighted by Gasteiger charge is 2.13. The van der Waals surface area contributed by atoms with E-state index in [1.165, 1.54) is 12.3 Å². The quantitative estimate of drug-likeness (QED) is 0.690. The van der Waals surface area contributed by atoms with E-state index in [2.05, 4.69) is 10.3 Å². The van der Waals surface area contributed by atoms with Crippen LogP contribution in [0.4, 0.5) is 5.69 Å². The third-order valence-corrected chi connectivity index (χ3v) is 3.61. The van der Waals surface area contributed by atoms with Crippen molar-refractivity contribution in [2.45, 2.75) is 0 Å². The Morgan fingerprint density at radius 3 is 2.67 bits per heavy atom. The van der Waals surface area contributed by atoms with E-state index in [4.69, 9.17) is 23.2 Å². The molecule has 0 unspecified atom stereocenters. The van der Waals surface area contributed by atoms with Gasteiger partial charge in [0.2, 0.25) is 0 Å². The van der Waals surface area contributed by atoms with Gasteiger partial charge in [-0.25, -0.2) is 4.98 Å². The van der Waals surface area contributed by atoms with Crippen molar-refractivity contribution in [2.75, 3.05) is 5.32 Å². The van der Waals surface area contributed by atoms with Crippen molar-refractivity contribution in [1.82, 2.24) is 4.98 Å². The zero-order valence-electron chi connectivity index (χ0n) is 10.8. The molecule has 0 saturated carbocycles. The maximum Gasteiger partial charge on any atom is 0.257 e. The van der Waals surface area contributed by atoms with Crippen molar-refractivity contribution in [3.8, 4) is 0 Å². The van der Waals surface area contributed by atoms with Gasteiger partial charge in [-0.15, -0.1) is 0 Å². The van der Waals surface area contributed by atoms with Gasteiger partial charge < -0.3 is 5.32 Å². The molecule has 3 nitrogen and oxygen atoms in total. The number of carbonyl (C=O) groups is 1. The molecule has 1 heterocycles. The van der Waals surface area contributed by atoms with Gasteiger partial charge in [-0.3, -0.25) is 4.79 Å². The number of nitrogens with one attached hydrogen (secondary N) is 1. The fraction of sp³-hybridized carbons (Fsp3) is 0. The first-order chi connectivity index (χ1) is 10.1. The standard InChI is InChI=1S/C16H10Cl2N2O/c17-13-9-19-15(18)8-12(13)16(21)20-14-7-3-5-10-4-1-2-6-11(10)14/h1-9H,(H,20,21). The van der Waals surface area contributed by atoms with Crippen LogP contribution in [0, 0.1) is 0 Å². The van der Waals surface area contributed by atoms with Crippen LogP contribution in [0.5, 0.6) is 0 Å². The maximum atomic E-state index is 12.3. The van der Waals surface area contributed by atoms with Crippen molar-refractivity contribution in [2.24, 2.45) is 0 Å². The molecule has 1 aromatic heterocycles. The highest BCUT2D eigenvalue weighted by atomic mass is 35.5. The number of aromatic nitrogens is 1. The van der Waals surface area contributed by atoms with Gasteiger partial charge in [0.05, 0.1) is 10.6 Å². The molecule has 1 amide bonds. The summed E-state index contributed by atoms with van der Waals surface area (Å²) in [6, 6.07) is 15.0. The molecule has 0 bridgehead atoms. The van der Waals surface area contributed by atoms with Gasteiger partial charge in [-0.05, 0) is 17.5 Å². The fourth-order valence-corrected chi connectivity index (χ4v) is 2.46. The van der Waals surface area contributed by atoms with Crippen molar-refractivity contribution in [3.05, 3.63) is 70.5 Å². The Hall–Kier alpha value is -2.10. The van der Waals surface area contributed by atoms with Crippen LogP contribution in [0.2, 0.25) is 10.2 Å². The minimum absolute atomic E-state index is 0.225. The van der Waals surface area contributed by atoms with Gasteiger partial charge in [-0.1, -0.05) is 59.6 Å². The third-order valence-electron chi connectivity index (χ3n) is 3.10. The summed E-state index contributed by atoms with van der Waals surface area (Å²) in [4.78, 5) is 16.2. The van der Waals surface area contributed by atoms with Gasteiger partial charge in [0.15, 0.2) is 0 Å². The topological polar surface area (TPSA) is 42.0 Å². The van der Waals surface area contributed by atoms with Crippen molar-refractivity contribution in [3.63, 3.8) is 0 Å². The summed E-state index contributed by atoms with van der Waals surface area (Å²) in [5.74, 6) is -0.319. The number of halogens is 2. The van der Waals surface area contributed by atoms with Crippen LogP contribution < -0.4 is 5.32 Å². The number of rotatable bonds is 2. The zero-order valence-corrected chi connectivity index (χ0v) is 12.3. The van der Waals surface area contributed by atoms with E-state index in [9.17, 15) is 4.79 Å². The first kappa shape index (κ1) is 13.9. The van der Waals surface area contributed by atoms with Gasteiger partial charge in [0.25, 0.3) is 5.91 Å². The Labute approximate surface area is 131 Å². The molecule has 0 aliphatic heterocycles. The number of amides is 1. The minimum atomic E-state index is -0.319. The number of carbonyl (C=O) groups excluding carboxylic acids is 1. The molecule has 0 radical (unpaired) electrons. The SMILES string of the molecule is O=C(Nc1cccc2ccccc12)c1cc(Cl)ncc1Cl. The lowest BCUT2D eigenvalue weighted by atomic mass is 10.1. The van der Waals surface area contributed by atoms with Gasteiger partial charge in [0, 0.05) is 17.3 Å². The Kier molecular flexibility index (Phi) is 3.78. The molecule has 21 heavy (non-hydrogen) atoms.